The summed E-state index contributed by atoms with van der Waals surface area (Å²) in [6.07, 6.45) is 3.52. The molecule has 1 saturated carbocycles. The van der Waals surface area contributed by atoms with Gasteiger partial charge in [0.2, 0.25) is 0 Å². The standard InChI is InChI=1S/C16H26N4O2/c1-10(2)20(11(3)4)8-7-17-15(21)13-9-18-14(12-5-6-12)19-16(13)22/h9-12H,5-8H2,1-4H3,(H,17,21)(H,18,19,22). The third-order valence-corrected chi connectivity index (χ3v) is 4.01. The maximum atomic E-state index is 12.1. The molecule has 1 amide bonds. The number of nitrogens with zero attached hydrogens (tertiary/aromatic N) is 2. The number of rotatable bonds is 7. The van der Waals surface area contributed by atoms with E-state index in [4.69, 9.17) is 0 Å². The molecule has 2 N–H and O–H groups in total. The highest BCUT2D eigenvalue weighted by Gasteiger charge is 2.26. The van der Waals surface area contributed by atoms with Gasteiger partial charge >= 0.3 is 0 Å². The molecule has 1 aromatic heterocycles. The average Bonchev–Trinajstić information content (AvgIpc) is 3.26. The van der Waals surface area contributed by atoms with Crippen LogP contribution in [0.15, 0.2) is 11.0 Å². The first kappa shape index (κ1) is 16.7. The summed E-state index contributed by atoms with van der Waals surface area (Å²) in [5, 5.41) is 2.80. The normalized spacial score (nSPS) is 14.9. The minimum atomic E-state index is -0.358. The van der Waals surface area contributed by atoms with E-state index in [1.807, 2.05) is 0 Å². The van der Waals surface area contributed by atoms with Gasteiger partial charge in [0.1, 0.15) is 11.4 Å². The average molecular weight is 306 g/mol. The summed E-state index contributed by atoms with van der Waals surface area (Å²) >= 11 is 0. The molecule has 0 spiro atoms. The second-order valence-corrected chi connectivity index (χ2v) is 6.47. The molecule has 6 heteroatoms. The van der Waals surface area contributed by atoms with Crippen molar-refractivity contribution in [3.05, 3.63) is 27.9 Å². The molecule has 0 saturated heterocycles. The second kappa shape index (κ2) is 7.05. The van der Waals surface area contributed by atoms with E-state index >= 15 is 0 Å². The number of aromatic nitrogens is 2. The summed E-state index contributed by atoms with van der Waals surface area (Å²) in [6, 6.07) is 0.833. The number of nitrogens with one attached hydrogen (secondary N) is 2. The first-order valence-corrected chi connectivity index (χ1v) is 8.03. The van der Waals surface area contributed by atoms with Crippen molar-refractivity contribution < 1.29 is 4.79 Å². The predicted molar refractivity (Wildman–Crippen MR) is 86.1 cm³/mol. The Kier molecular flexibility index (Phi) is 5.34. The smallest absolute Gasteiger partial charge is 0.263 e. The van der Waals surface area contributed by atoms with Gasteiger partial charge in [-0.25, -0.2) is 4.98 Å². The lowest BCUT2D eigenvalue weighted by Crippen LogP contribution is -2.43. The van der Waals surface area contributed by atoms with Crippen LogP contribution < -0.4 is 10.9 Å². The van der Waals surface area contributed by atoms with Gasteiger partial charge in [0.05, 0.1) is 0 Å². The van der Waals surface area contributed by atoms with Crippen molar-refractivity contribution in [1.82, 2.24) is 20.2 Å². The Morgan fingerprint density at radius 3 is 2.50 bits per heavy atom. The number of H-pyrrole nitrogens is 1. The van der Waals surface area contributed by atoms with Crippen LogP contribution in [0.5, 0.6) is 0 Å². The molecule has 1 aromatic rings. The first-order chi connectivity index (χ1) is 10.4. The fraction of sp³-hybridized carbons (Fsp3) is 0.688. The van der Waals surface area contributed by atoms with Crippen molar-refractivity contribution in [2.45, 2.75) is 58.5 Å². The molecule has 122 valence electrons. The summed E-state index contributed by atoms with van der Waals surface area (Å²) in [5.41, 5.74) is -0.260. The number of hydrogen-bond acceptors (Lipinski definition) is 4. The van der Waals surface area contributed by atoms with E-state index in [2.05, 4.69) is 47.9 Å². The van der Waals surface area contributed by atoms with Crippen LogP contribution >= 0.6 is 0 Å². The summed E-state index contributed by atoms with van der Waals surface area (Å²) < 4.78 is 0. The molecule has 2 rings (SSSR count). The van der Waals surface area contributed by atoms with Gasteiger partial charge in [0.15, 0.2) is 0 Å². The number of carbonyl (C=O) groups excluding carboxylic acids is 1. The van der Waals surface area contributed by atoms with E-state index in [9.17, 15) is 9.59 Å². The zero-order chi connectivity index (χ0) is 16.3. The third kappa shape index (κ3) is 4.16. The fourth-order valence-electron chi connectivity index (χ4n) is 2.64. The zero-order valence-corrected chi connectivity index (χ0v) is 13.8. The molecule has 1 aliphatic carbocycles. The number of hydrogen-bond donors (Lipinski definition) is 2. The van der Waals surface area contributed by atoms with Gasteiger partial charge in [0, 0.05) is 37.3 Å². The molecule has 0 aliphatic heterocycles. The van der Waals surface area contributed by atoms with Crippen molar-refractivity contribution in [1.29, 1.82) is 0 Å². The maximum Gasteiger partial charge on any atom is 0.263 e. The Balaban J connectivity index is 1.91. The minimum Gasteiger partial charge on any atom is -0.351 e. The van der Waals surface area contributed by atoms with Crippen LogP contribution in [0.25, 0.3) is 0 Å². The van der Waals surface area contributed by atoms with E-state index in [-0.39, 0.29) is 17.0 Å². The lowest BCUT2D eigenvalue weighted by molar-refractivity contribution is 0.0937. The van der Waals surface area contributed by atoms with E-state index in [0.717, 1.165) is 19.4 Å². The van der Waals surface area contributed by atoms with Crippen molar-refractivity contribution >= 4 is 5.91 Å². The van der Waals surface area contributed by atoms with Gasteiger partial charge in [0.25, 0.3) is 11.5 Å². The van der Waals surface area contributed by atoms with Gasteiger partial charge in [-0.05, 0) is 40.5 Å². The minimum absolute atomic E-state index is 0.0880. The first-order valence-electron chi connectivity index (χ1n) is 8.03. The molecule has 0 radical (unpaired) electrons. The van der Waals surface area contributed by atoms with Crippen LogP contribution in [0.3, 0.4) is 0 Å². The third-order valence-electron chi connectivity index (χ3n) is 4.01. The molecule has 1 aliphatic rings. The highest BCUT2D eigenvalue weighted by Crippen LogP contribution is 2.37. The lowest BCUT2D eigenvalue weighted by atomic mass is 10.2. The SMILES string of the molecule is CC(C)N(CCNC(=O)c1cnc(C2CC2)[nH]c1=O)C(C)C. The van der Waals surface area contributed by atoms with Crippen LogP contribution in [0.4, 0.5) is 0 Å². The van der Waals surface area contributed by atoms with Crippen LogP contribution in [-0.4, -0.2) is 45.9 Å². The zero-order valence-electron chi connectivity index (χ0n) is 13.8. The van der Waals surface area contributed by atoms with E-state index in [1.165, 1.54) is 6.20 Å². The highest BCUT2D eigenvalue weighted by atomic mass is 16.2. The molecule has 22 heavy (non-hydrogen) atoms. The highest BCUT2D eigenvalue weighted by molar-refractivity contribution is 5.93. The number of aromatic amines is 1. The summed E-state index contributed by atoms with van der Waals surface area (Å²) in [6.45, 7) is 9.80. The van der Waals surface area contributed by atoms with E-state index < -0.39 is 0 Å². The van der Waals surface area contributed by atoms with E-state index in [0.29, 0.717) is 30.4 Å². The number of carbonyl (C=O) groups is 1. The predicted octanol–water partition coefficient (Wildman–Crippen LogP) is 1.50. The lowest BCUT2D eigenvalue weighted by Gasteiger charge is -2.30. The fourth-order valence-corrected chi connectivity index (χ4v) is 2.64. The quantitative estimate of drug-likeness (QED) is 0.800. The maximum absolute atomic E-state index is 12.1. The Morgan fingerprint density at radius 2 is 2.00 bits per heavy atom. The van der Waals surface area contributed by atoms with Gasteiger partial charge in [-0.1, -0.05) is 0 Å². The van der Waals surface area contributed by atoms with Gasteiger partial charge in [-0.3, -0.25) is 14.5 Å². The molecule has 0 atom stereocenters. The topological polar surface area (TPSA) is 78.1 Å². The molecular weight excluding hydrogens is 280 g/mol. The Labute approximate surface area is 131 Å². The molecule has 1 fully saturated rings. The van der Waals surface area contributed by atoms with Gasteiger partial charge < -0.3 is 10.3 Å². The van der Waals surface area contributed by atoms with Crippen LogP contribution in [0, 0.1) is 0 Å². The molecule has 6 nitrogen and oxygen atoms in total. The van der Waals surface area contributed by atoms with Gasteiger partial charge in [-0.2, -0.15) is 0 Å². The summed E-state index contributed by atoms with van der Waals surface area (Å²) in [4.78, 5) is 33.3. The Hall–Kier alpha value is -1.69. The van der Waals surface area contributed by atoms with Crippen LogP contribution in [0.1, 0.15) is 62.6 Å². The van der Waals surface area contributed by atoms with Crippen molar-refractivity contribution in [3.63, 3.8) is 0 Å². The summed E-state index contributed by atoms with van der Waals surface area (Å²) in [5.74, 6) is 0.714. The van der Waals surface area contributed by atoms with Crippen molar-refractivity contribution in [2.75, 3.05) is 13.1 Å². The van der Waals surface area contributed by atoms with Crippen LogP contribution in [0.2, 0.25) is 0 Å². The molecule has 1 heterocycles. The van der Waals surface area contributed by atoms with Crippen molar-refractivity contribution in [3.8, 4) is 0 Å². The largest absolute Gasteiger partial charge is 0.351 e. The van der Waals surface area contributed by atoms with Crippen molar-refractivity contribution in [2.24, 2.45) is 0 Å². The van der Waals surface area contributed by atoms with Crippen LogP contribution in [-0.2, 0) is 0 Å². The molecule has 0 unspecified atom stereocenters. The van der Waals surface area contributed by atoms with E-state index in [1.54, 1.807) is 0 Å². The monoisotopic (exact) mass is 306 g/mol. The molecule has 0 bridgehead atoms. The summed E-state index contributed by atoms with van der Waals surface area (Å²) in [7, 11) is 0. The Bertz CT molecular complexity index is 568. The second-order valence-electron chi connectivity index (χ2n) is 6.47. The molecular formula is C16H26N4O2. The number of amides is 1. The molecule has 0 aromatic carbocycles. The van der Waals surface area contributed by atoms with Gasteiger partial charge in [-0.15, -0.1) is 0 Å². The Morgan fingerprint density at radius 1 is 1.36 bits per heavy atom.